The van der Waals surface area contributed by atoms with Gasteiger partial charge in [-0.05, 0) is 31.5 Å². The number of carbonyl (C=O) groups excluding carboxylic acids is 2. The number of nitrogens with one attached hydrogen (secondary N) is 2. The van der Waals surface area contributed by atoms with Gasteiger partial charge in [-0.3, -0.25) is 0 Å². The van der Waals surface area contributed by atoms with E-state index in [9.17, 15) is 9.59 Å². The Morgan fingerprint density at radius 1 is 1.26 bits per heavy atom. The Balaban J connectivity index is 2.47. The first-order valence-electron chi connectivity index (χ1n) is 7.19. The fraction of sp³-hybridized carbons (Fsp3) is 0.375. The number of carbonyl (C=O) groups is 2. The Kier molecular flexibility index (Phi) is 5.10. The second-order valence-electron chi connectivity index (χ2n) is 4.91. The van der Waals surface area contributed by atoms with Crippen molar-refractivity contribution in [1.82, 2.24) is 10.6 Å². The van der Waals surface area contributed by atoms with E-state index in [1.807, 2.05) is 6.92 Å². The zero-order valence-corrected chi connectivity index (χ0v) is 13.6. The van der Waals surface area contributed by atoms with E-state index in [0.717, 1.165) is 0 Å². The number of hydrogen-bond acceptors (Lipinski definition) is 5. The molecule has 0 aliphatic carbocycles. The second kappa shape index (κ2) is 7.04. The third-order valence-corrected chi connectivity index (χ3v) is 3.50. The van der Waals surface area contributed by atoms with Crippen LogP contribution in [0.2, 0.25) is 0 Å². The summed E-state index contributed by atoms with van der Waals surface area (Å²) < 4.78 is 15.6. The van der Waals surface area contributed by atoms with Crippen molar-refractivity contribution in [2.45, 2.75) is 19.9 Å². The number of rotatable bonds is 5. The fourth-order valence-electron chi connectivity index (χ4n) is 2.46. The quantitative estimate of drug-likeness (QED) is 0.809. The lowest BCUT2D eigenvalue weighted by Gasteiger charge is -2.28. The van der Waals surface area contributed by atoms with Crippen molar-refractivity contribution < 1.29 is 23.8 Å². The van der Waals surface area contributed by atoms with Gasteiger partial charge in [0.1, 0.15) is 0 Å². The van der Waals surface area contributed by atoms with E-state index in [0.29, 0.717) is 34.9 Å². The highest BCUT2D eigenvalue weighted by molar-refractivity contribution is 5.94. The van der Waals surface area contributed by atoms with Crippen molar-refractivity contribution in [3.8, 4) is 11.5 Å². The Hall–Kier alpha value is -2.70. The molecular weight excluding hydrogens is 300 g/mol. The third kappa shape index (κ3) is 3.39. The van der Waals surface area contributed by atoms with E-state index >= 15 is 0 Å². The van der Waals surface area contributed by atoms with Crippen molar-refractivity contribution in [3.05, 3.63) is 35.0 Å². The van der Waals surface area contributed by atoms with E-state index < -0.39 is 12.0 Å². The Morgan fingerprint density at radius 2 is 2.00 bits per heavy atom. The highest BCUT2D eigenvalue weighted by Crippen LogP contribution is 2.34. The van der Waals surface area contributed by atoms with Gasteiger partial charge in [-0.15, -0.1) is 0 Å². The van der Waals surface area contributed by atoms with E-state index in [1.54, 1.807) is 25.1 Å². The van der Waals surface area contributed by atoms with Crippen LogP contribution in [0, 0.1) is 0 Å². The van der Waals surface area contributed by atoms with E-state index in [4.69, 9.17) is 14.2 Å². The van der Waals surface area contributed by atoms with Gasteiger partial charge in [-0.2, -0.15) is 0 Å². The molecule has 0 radical (unpaired) electrons. The molecule has 1 aromatic carbocycles. The van der Waals surface area contributed by atoms with Crippen LogP contribution in [0.15, 0.2) is 29.5 Å². The maximum atomic E-state index is 12.1. The predicted molar refractivity (Wildman–Crippen MR) is 83.3 cm³/mol. The first kappa shape index (κ1) is 16.7. The second-order valence-corrected chi connectivity index (χ2v) is 4.91. The number of allylic oxidation sites excluding steroid dienone is 1. The van der Waals surface area contributed by atoms with Crippen LogP contribution < -0.4 is 20.1 Å². The molecular formula is C16H20N2O5. The number of hydrogen-bond donors (Lipinski definition) is 2. The molecule has 7 nitrogen and oxygen atoms in total. The van der Waals surface area contributed by atoms with Crippen molar-refractivity contribution in [1.29, 1.82) is 0 Å². The normalized spacial score (nSPS) is 17.2. The van der Waals surface area contributed by atoms with Gasteiger partial charge in [0.15, 0.2) is 11.5 Å². The summed E-state index contributed by atoms with van der Waals surface area (Å²) in [4.78, 5) is 23.8. The van der Waals surface area contributed by atoms with Crippen molar-refractivity contribution in [2.75, 3.05) is 20.8 Å². The predicted octanol–water partition coefficient (Wildman–Crippen LogP) is 1.89. The van der Waals surface area contributed by atoms with E-state index in [2.05, 4.69) is 10.6 Å². The molecule has 1 aliphatic heterocycles. The molecule has 1 unspecified atom stereocenters. The van der Waals surface area contributed by atoms with Crippen LogP contribution in [0.5, 0.6) is 11.5 Å². The smallest absolute Gasteiger partial charge is 0.337 e. The lowest BCUT2D eigenvalue weighted by atomic mass is 9.95. The van der Waals surface area contributed by atoms with Crippen molar-refractivity contribution in [3.63, 3.8) is 0 Å². The van der Waals surface area contributed by atoms with Crippen LogP contribution in [0.1, 0.15) is 25.5 Å². The van der Waals surface area contributed by atoms with Crippen LogP contribution in [-0.2, 0) is 9.53 Å². The molecule has 0 fully saturated rings. The first-order chi connectivity index (χ1) is 11.0. The summed E-state index contributed by atoms with van der Waals surface area (Å²) in [6.07, 6.45) is 0. The summed E-state index contributed by atoms with van der Waals surface area (Å²) in [5.74, 6) is 0.617. The average molecular weight is 320 g/mol. The van der Waals surface area contributed by atoms with Crippen LogP contribution in [0.25, 0.3) is 0 Å². The molecule has 0 saturated heterocycles. The topological polar surface area (TPSA) is 85.9 Å². The maximum absolute atomic E-state index is 12.1. The Labute approximate surface area is 134 Å². The molecule has 0 saturated carbocycles. The zero-order valence-electron chi connectivity index (χ0n) is 13.6. The van der Waals surface area contributed by atoms with Gasteiger partial charge >= 0.3 is 12.0 Å². The molecule has 1 aliphatic rings. The molecule has 1 heterocycles. The molecule has 2 N–H and O–H groups in total. The largest absolute Gasteiger partial charge is 0.493 e. The Morgan fingerprint density at radius 3 is 2.61 bits per heavy atom. The van der Waals surface area contributed by atoms with Gasteiger partial charge in [-0.25, -0.2) is 9.59 Å². The number of urea groups is 1. The number of ether oxygens (including phenoxy) is 3. The highest BCUT2D eigenvalue weighted by Gasteiger charge is 2.32. The lowest BCUT2D eigenvalue weighted by molar-refractivity contribution is -0.136. The summed E-state index contributed by atoms with van der Waals surface area (Å²) in [6.45, 7) is 4.04. The maximum Gasteiger partial charge on any atom is 0.337 e. The number of esters is 1. The minimum Gasteiger partial charge on any atom is -0.493 e. The molecule has 7 heteroatoms. The molecule has 1 aromatic rings. The molecule has 124 valence electrons. The van der Waals surface area contributed by atoms with Gasteiger partial charge < -0.3 is 24.8 Å². The SMILES string of the molecule is CCOc1ccc(C2NC(=O)NC(C)=C2C(=O)OC)cc1OC. The third-order valence-electron chi connectivity index (χ3n) is 3.50. The minimum atomic E-state index is -0.624. The monoisotopic (exact) mass is 320 g/mol. The standard InChI is InChI=1S/C16H20N2O5/c1-5-23-11-7-6-10(8-12(11)21-3)14-13(15(19)22-4)9(2)17-16(20)18-14/h6-8,14H,5H2,1-4H3,(H2,17,18,20). The van der Waals surface area contributed by atoms with Gasteiger partial charge in [-0.1, -0.05) is 6.07 Å². The van der Waals surface area contributed by atoms with E-state index in [1.165, 1.54) is 14.2 Å². The molecule has 0 spiro atoms. The van der Waals surface area contributed by atoms with Crippen LogP contribution >= 0.6 is 0 Å². The average Bonchev–Trinajstić information content (AvgIpc) is 2.54. The van der Waals surface area contributed by atoms with E-state index in [-0.39, 0.29) is 6.03 Å². The summed E-state index contributed by atoms with van der Waals surface area (Å²) in [5.41, 5.74) is 1.50. The number of benzene rings is 1. The van der Waals surface area contributed by atoms with Crippen LogP contribution in [0.3, 0.4) is 0 Å². The molecule has 2 amide bonds. The summed E-state index contributed by atoms with van der Waals surface area (Å²) in [6, 6.07) is 4.25. The van der Waals surface area contributed by atoms with Crippen molar-refractivity contribution in [2.24, 2.45) is 0 Å². The fourth-order valence-corrected chi connectivity index (χ4v) is 2.46. The molecule has 2 rings (SSSR count). The van der Waals surface area contributed by atoms with Gasteiger partial charge in [0.2, 0.25) is 0 Å². The van der Waals surface area contributed by atoms with Gasteiger partial charge in [0.25, 0.3) is 0 Å². The molecule has 23 heavy (non-hydrogen) atoms. The molecule has 1 atom stereocenters. The number of amides is 2. The first-order valence-corrected chi connectivity index (χ1v) is 7.19. The van der Waals surface area contributed by atoms with Crippen molar-refractivity contribution >= 4 is 12.0 Å². The van der Waals surface area contributed by atoms with Crippen LogP contribution in [0.4, 0.5) is 4.79 Å². The molecule has 0 aromatic heterocycles. The Bertz CT molecular complexity index is 654. The summed E-state index contributed by atoms with van der Waals surface area (Å²) in [7, 11) is 2.83. The zero-order chi connectivity index (χ0) is 17.0. The highest BCUT2D eigenvalue weighted by atomic mass is 16.5. The van der Waals surface area contributed by atoms with Gasteiger partial charge in [0.05, 0.1) is 32.4 Å². The summed E-state index contributed by atoms with van der Waals surface area (Å²) >= 11 is 0. The molecule has 0 bridgehead atoms. The van der Waals surface area contributed by atoms with Crippen LogP contribution in [-0.4, -0.2) is 32.8 Å². The lowest BCUT2D eigenvalue weighted by Crippen LogP contribution is -2.45. The van der Waals surface area contributed by atoms with Gasteiger partial charge in [0, 0.05) is 5.70 Å². The minimum absolute atomic E-state index is 0.346. The summed E-state index contributed by atoms with van der Waals surface area (Å²) in [5, 5.41) is 5.30. The number of methoxy groups -OCH3 is 2.